The lowest BCUT2D eigenvalue weighted by molar-refractivity contribution is -0.105. The molecule has 1 aromatic rings. The Bertz CT molecular complexity index is 501. The summed E-state index contributed by atoms with van der Waals surface area (Å²) in [7, 11) is 0. The van der Waals surface area contributed by atoms with E-state index in [1.54, 1.807) is 0 Å². The van der Waals surface area contributed by atoms with E-state index < -0.39 is 5.91 Å². The van der Waals surface area contributed by atoms with Crippen LogP contribution in [0.4, 0.5) is 5.00 Å². The van der Waals surface area contributed by atoms with Crippen LogP contribution in [-0.4, -0.2) is 42.0 Å². The molecular formula is C13H19N3O3S. The van der Waals surface area contributed by atoms with Crippen LogP contribution in [-0.2, 0) is 17.8 Å². The van der Waals surface area contributed by atoms with E-state index in [0.717, 1.165) is 49.3 Å². The predicted molar refractivity (Wildman–Crippen MR) is 77.8 cm³/mol. The molecule has 4 N–H and O–H groups in total. The van der Waals surface area contributed by atoms with Crippen molar-refractivity contribution in [3.05, 3.63) is 16.0 Å². The molecule has 1 aliphatic heterocycles. The maximum Gasteiger partial charge on any atom is 0.251 e. The van der Waals surface area contributed by atoms with E-state index >= 15 is 0 Å². The number of hydrogen-bond acceptors (Lipinski definition) is 5. The molecule has 0 fully saturated rings. The van der Waals surface area contributed by atoms with E-state index in [1.807, 2.05) is 0 Å². The molecule has 0 saturated heterocycles. The number of primary amides is 1. The molecule has 2 heterocycles. The lowest BCUT2D eigenvalue weighted by atomic mass is 10.0. The van der Waals surface area contributed by atoms with Gasteiger partial charge in [0.2, 0.25) is 6.41 Å². The van der Waals surface area contributed by atoms with Crippen LogP contribution in [0.5, 0.6) is 0 Å². The number of rotatable bonds is 7. The van der Waals surface area contributed by atoms with Crippen LogP contribution >= 0.6 is 11.3 Å². The van der Waals surface area contributed by atoms with Gasteiger partial charge in [0, 0.05) is 24.6 Å². The van der Waals surface area contributed by atoms with Crippen molar-refractivity contribution in [2.24, 2.45) is 5.73 Å². The summed E-state index contributed by atoms with van der Waals surface area (Å²) >= 11 is 1.42. The Morgan fingerprint density at radius 1 is 1.50 bits per heavy atom. The second-order valence-electron chi connectivity index (χ2n) is 4.79. The third-order valence-electron chi connectivity index (χ3n) is 3.45. The van der Waals surface area contributed by atoms with Gasteiger partial charge in [-0.1, -0.05) is 0 Å². The van der Waals surface area contributed by atoms with Gasteiger partial charge in [0.05, 0.1) is 5.56 Å². The summed E-state index contributed by atoms with van der Waals surface area (Å²) in [6, 6.07) is 0. The highest BCUT2D eigenvalue weighted by atomic mass is 32.1. The van der Waals surface area contributed by atoms with Crippen molar-refractivity contribution in [3.8, 4) is 0 Å². The zero-order valence-electron chi connectivity index (χ0n) is 11.2. The van der Waals surface area contributed by atoms with Crippen LogP contribution in [0.2, 0.25) is 0 Å². The summed E-state index contributed by atoms with van der Waals surface area (Å²) in [4.78, 5) is 25.6. The van der Waals surface area contributed by atoms with Crippen LogP contribution in [0.1, 0.15) is 33.6 Å². The Morgan fingerprint density at radius 3 is 2.95 bits per heavy atom. The Hall–Kier alpha value is -1.44. The number of unbranched alkanes of at least 4 members (excludes halogenated alkanes) is 1. The summed E-state index contributed by atoms with van der Waals surface area (Å²) in [6.07, 6.45) is 3.10. The monoisotopic (exact) mass is 297 g/mol. The van der Waals surface area contributed by atoms with Crippen molar-refractivity contribution < 1.29 is 14.7 Å². The molecule has 7 heteroatoms. The van der Waals surface area contributed by atoms with Gasteiger partial charge in [-0.3, -0.25) is 14.5 Å². The third-order valence-corrected chi connectivity index (χ3v) is 4.60. The standard InChI is InChI=1S/C13H19N3O3S/c14-12(19)11-9-3-5-16(4-1-2-6-17)7-10(9)20-13(11)15-8-18/h8,17H,1-7H2,(H2,14,19)(H,15,18). The number of nitrogens with one attached hydrogen (secondary N) is 1. The minimum atomic E-state index is -0.486. The van der Waals surface area contributed by atoms with Crippen LogP contribution in [0.3, 0.4) is 0 Å². The molecule has 0 atom stereocenters. The highest BCUT2D eigenvalue weighted by Gasteiger charge is 2.26. The first kappa shape index (κ1) is 15.0. The number of aliphatic hydroxyl groups is 1. The minimum Gasteiger partial charge on any atom is -0.396 e. The van der Waals surface area contributed by atoms with E-state index in [9.17, 15) is 9.59 Å². The van der Waals surface area contributed by atoms with E-state index in [2.05, 4.69) is 10.2 Å². The number of nitrogens with zero attached hydrogens (tertiary/aromatic N) is 1. The Balaban J connectivity index is 2.14. The molecule has 20 heavy (non-hydrogen) atoms. The summed E-state index contributed by atoms with van der Waals surface area (Å²) < 4.78 is 0. The number of aliphatic hydroxyl groups excluding tert-OH is 1. The molecule has 2 rings (SSSR count). The minimum absolute atomic E-state index is 0.220. The van der Waals surface area contributed by atoms with Crippen LogP contribution in [0.25, 0.3) is 0 Å². The van der Waals surface area contributed by atoms with Crippen molar-refractivity contribution in [2.75, 3.05) is 25.0 Å². The van der Waals surface area contributed by atoms with Gasteiger partial charge in [0.15, 0.2) is 0 Å². The lowest BCUT2D eigenvalue weighted by Crippen LogP contribution is -2.31. The highest BCUT2D eigenvalue weighted by molar-refractivity contribution is 7.16. The van der Waals surface area contributed by atoms with Gasteiger partial charge in [-0.2, -0.15) is 0 Å². The molecule has 0 saturated carbocycles. The van der Waals surface area contributed by atoms with E-state index in [-0.39, 0.29) is 6.61 Å². The number of anilines is 1. The predicted octanol–water partition coefficient (Wildman–Crippen LogP) is 0.546. The molecule has 110 valence electrons. The van der Waals surface area contributed by atoms with E-state index in [1.165, 1.54) is 11.3 Å². The number of carbonyl (C=O) groups is 2. The molecule has 0 aromatic carbocycles. The smallest absolute Gasteiger partial charge is 0.251 e. The summed E-state index contributed by atoms with van der Waals surface area (Å²) in [5, 5.41) is 11.9. The fraction of sp³-hybridized carbons (Fsp3) is 0.538. The number of hydrogen-bond donors (Lipinski definition) is 3. The zero-order chi connectivity index (χ0) is 14.5. The number of fused-ring (bicyclic) bond motifs is 1. The summed E-state index contributed by atoms with van der Waals surface area (Å²) in [6.45, 7) is 2.79. The number of nitrogens with two attached hydrogens (primary N) is 1. The number of thiophene rings is 1. The summed E-state index contributed by atoms with van der Waals surface area (Å²) in [5.74, 6) is -0.486. The van der Waals surface area contributed by atoms with Gasteiger partial charge in [0.25, 0.3) is 5.91 Å². The van der Waals surface area contributed by atoms with Crippen molar-refractivity contribution >= 4 is 28.7 Å². The van der Waals surface area contributed by atoms with Crippen molar-refractivity contribution in [1.29, 1.82) is 0 Å². The second kappa shape index (κ2) is 6.83. The second-order valence-corrected chi connectivity index (χ2v) is 5.90. The largest absolute Gasteiger partial charge is 0.396 e. The van der Waals surface area contributed by atoms with Crippen LogP contribution < -0.4 is 11.1 Å². The van der Waals surface area contributed by atoms with Gasteiger partial charge in [0.1, 0.15) is 5.00 Å². The van der Waals surface area contributed by atoms with Gasteiger partial charge < -0.3 is 16.2 Å². The fourth-order valence-electron chi connectivity index (χ4n) is 2.51. The quantitative estimate of drug-likeness (QED) is 0.506. The molecule has 0 aliphatic carbocycles. The van der Waals surface area contributed by atoms with Crippen molar-refractivity contribution in [2.45, 2.75) is 25.8 Å². The van der Waals surface area contributed by atoms with Gasteiger partial charge in [-0.05, 0) is 31.4 Å². The number of amides is 2. The first-order valence-corrected chi connectivity index (χ1v) is 7.46. The molecule has 0 radical (unpaired) electrons. The first-order chi connectivity index (χ1) is 9.67. The lowest BCUT2D eigenvalue weighted by Gasteiger charge is -2.26. The maximum atomic E-state index is 11.6. The molecule has 6 nitrogen and oxygen atoms in total. The molecular weight excluding hydrogens is 278 g/mol. The SMILES string of the molecule is NC(=O)c1c(NC=O)sc2c1CCN(CCCCO)C2. The average Bonchev–Trinajstić information content (AvgIpc) is 2.76. The highest BCUT2D eigenvalue weighted by Crippen LogP contribution is 2.36. The summed E-state index contributed by atoms with van der Waals surface area (Å²) in [5.41, 5.74) is 6.86. The fourth-order valence-corrected chi connectivity index (χ4v) is 3.76. The van der Waals surface area contributed by atoms with E-state index in [4.69, 9.17) is 10.8 Å². The normalized spacial score (nSPS) is 14.8. The Labute approximate surface area is 121 Å². The molecule has 0 spiro atoms. The molecule has 1 aromatic heterocycles. The van der Waals surface area contributed by atoms with Crippen molar-refractivity contribution in [3.63, 3.8) is 0 Å². The number of carbonyl (C=O) groups excluding carboxylic acids is 2. The molecule has 0 unspecified atom stereocenters. The Morgan fingerprint density at radius 2 is 2.30 bits per heavy atom. The molecule has 0 bridgehead atoms. The van der Waals surface area contributed by atoms with Gasteiger partial charge in [-0.15, -0.1) is 11.3 Å². The maximum absolute atomic E-state index is 11.6. The third kappa shape index (κ3) is 3.17. The first-order valence-electron chi connectivity index (χ1n) is 6.65. The molecule has 1 aliphatic rings. The zero-order valence-corrected chi connectivity index (χ0v) is 12.0. The van der Waals surface area contributed by atoms with Crippen molar-refractivity contribution in [1.82, 2.24) is 4.90 Å². The van der Waals surface area contributed by atoms with Gasteiger partial charge >= 0.3 is 0 Å². The van der Waals surface area contributed by atoms with Crippen LogP contribution in [0.15, 0.2) is 0 Å². The molecule has 2 amide bonds. The average molecular weight is 297 g/mol. The van der Waals surface area contributed by atoms with E-state index in [0.29, 0.717) is 17.0 Å². The van der Waals surface area contributed by atoms with Crippen LogP contribution in [0, 0.1) is 0 Å². The topological polar surface area (TPSA) is 95.7 Å². The van der Waals surface area contributed by atoms with Gasteiger partial charge in [-0.25, -0.2) is 0 Å². The Kier molecular flexibility index (Phi) is 5.11.